The van der Waals surface area contributed by atoms with Crippen LogP contribution in [-0.4, -0.2) is 24.6 Å². The number of thioether (sulfide) groups is 1. The van der Waals surface area contributed by atoms with Crippen LogP contribution >= 0.6 is 11.8 Å². The number of sulfonamides is 1. The summed E-state index contributed by atoms with van der Waals surface area (Å²) in [6, 6.07) is 13.9. The first-order valence-electron chi connectivity index (χ1n) is 8.64. The van der Waals surface area contributed by atoms with E-state index in [2.05, 4.69) is 17.4 Å². The Kier molecular flexibility index (Phi) is 6.03. The number of nitro groups is 1. The molecule has 1 fully saturated rings. The summed E-state index contributed by atoms with van der Waals surface area (Å²) < 4.78 is 23.0. The minimum atomic E-state index is -4.00. The number of primary sulfonamides is 1. The molecule has 27 heavy (non-hydrogen) atoms. The zero-order chi connectivity index (χ0) is 19.4. The molecule has 0 aliphatic heterocycles. The van der Waals surface area contributed by atoms with Gasteiger partial charge in [-0.1, -0.05) is 31.0 Å². The molecule has 2 aromatic carbocycles. The first kappa shape index (κ1) is 19.7. The fourth-order valence-electron chi connectivity index (χ4n) is 3.24. The van der Waals surface area contributed by atoms with Crippen molar-refractivity contribution in [2.24, 2.45) is 5.14 Å². The van der Waals surface area contributed by atoms with Crippen molar-refractivity contribution < 1.29 is 13.3 Å². The summed E-state index contributed by atoms with van der Waals surface area (Å²) in [5.41, 5.74) is 0.0357. The number of benzene rings is 2. The molecule has 0 spiro atoms. The molecule has 144 valence electrons. The van der Waals surface area contributed by atoms with Gasteiger partial charge in [0.25, 0.3) is 5.69 Å². The lowest BCUT2D eigenvalue weighted by atomic mass is 9.94. The summed E-state index contributed by atoms with van der Waals surface area (Å²) in [5.74, 6) is 0. The Labute approximate surface area is 162 Å². The molecule has 1 aliphatic carbocycles. The van der Waals surface area contributed by atoms with Crippen LogP contribution in [0.5, 0.6) is 0 Å². The van der Waals surface area contributed by atoms with E-state index in [1.165, 1.54) is 12.1 Å². The molecule has 2 aromatic rings. The zero-order valence-corrected chi connectivity index (χ0v) is 16.2. The average Bonchev–Trinajstić information content (AvgIpc) is 2.63. The van der Waals surface area contributed by atoms with Crippen LogP contribution in [0.3, 0.4) is 0 Å². The van der Waals surface area contributed by atoms with E-state index in [0.717, 1.165) is 36.6 Å². The van der Waals surface area contributed by atoms with Crippen LogP contribution < -0.4 is 10.5 Å². The van der Waals surface area contributed by atoms with Crippen molar-refractivity contribution in [3.63, 3.8) is 0 Å². The molecular weight excluding hydrogens is 386 g/mol. The maximum atomic E-state index is 11.5. The normalized spacial score (nSPS) is 20.2. The molecule has 3 N–H and O–H groups in total. The second kappa shape index (κ2) is 8.28. The Bertz CT molecular complexity index is 919. The Morgan fingerprint density at radius 2 is 1.81 bits per heavy atom. The lowest BCUT2D eigenvalue weighted by molar-refractivity contribution is -0.384. The van der Waals surface area contributed by atoms with E-state index in [9.17, 15) is 18.5 Å². The number of nitrogens with two attached hydrogens (primary N) is 1. The van der Waals surface area contributed by atoms with Crippen molar-refractivity contribution in [1.82, 2.24) is 0 Å². The highest BCUT2D eigenvalue weighted by molar-refractivity contribution is 8.00. The lowest BCUT2D eigenvalue weighted by Gasteiger charge is -2.32. The molecule has 0 aromatic heterocycles. The van der Waals surface area contributed by atoms with Gasteiger partial charge < -0.3 is 5.32 Å². The highest BCUT2D eigenvalue weighted by Gasteiger charge is 2.28. The van der Waals surface area contributed by atoms with Gasteiger partial charge in [0.15, 0.2) is 0 Å². The zero-order valence-electron chi connectivity index (χ0n) is 14.6. The van der Waals surface area contributed by atoms with Crippen LogP contribution in [-0.2, 0) is 10.0 Å². The number of hydrogen-bond acceptors (Lipinski definition) is 6. The van der Waals surface area contributed by atoms with Crippen LogP contribution in [0, 0.1) is 10.1 Å². The second-order valence-electron chi connectivity index (χ2n) is 6.49. The molecule has 0 heterocycles. The molecular formula is C18H21N3O4S2. The van der Waals surface area contributed by atoms with E-state index in [1.807, 2.05) is 18.2 Å². The quantitative estimate of drug-likeness (QED) is 0.556. The minimum Gasteiger partial charge on any atom is -0.376 e. The van der Waals surface area contributed by atoms with Gasteiger partial charge in [-0.2, -0.15) is 0 Å². The van der Waals surface area contributed by atoms with Crippen LogP contribution in [0.2, 0.25) is 0 Å². The Hall–Kier alpha value is -2.10. The number of nitro benzene ring substituents is 1. The minimum absolute atomic E-state index is 0.0583. The van der Waals surface area contributed by atoms with E-state index in [4.69, 9.17) is 5.14 Å². The van der Waals surface area contributed by atoms with Gasteiger partial charge in [0, 0.05) is 22.3 Å². The van der Waals surface area contributed by atoms with E-state index in [-0.39, 0.29) is 21.9 Å². The lowest BCUT2D eigenvalue weighted by Crippen LogP contribution is -2.34. The van der Waals surface area contributed by atoms with Gasteiger partial charge in [-0.3, -0.25) is 10.1 Å². The molecule has 3 rings (SSSR count). The molecule has 0 saturated heterocycles. The third-order valence-electron chi connectivity index (χ3n) is 4.57. The number of anilines is 1. The summed E-state index contributed by atoms with van der Waals surface area (Å²) in [6.45, 7) is 0. The van der Waals surface area contributed by atoms with Gasteiger partial charge in [0.2, 0.25) is 10.0 Å². The largest absolute Gasteiger partial charge is 0.376 e. The molecule has 9 heteroatoms. The maximum Gasteiger partial charge on any atom is 0.293 e. The van der Waals surface area contributed by atoms with Gasteiger partial charge in [-0.25, -0.2) is 13.6 Å². The molecule has 1 aliphatic rings. The fraction of sp³-hybridized carbons (Fsp3) is 0.333. The Morgan fingerprint density at radius 1 is 1.11 bits per heavy atom. The molecule has 7 nitrogen and oxygen atoms in total. The second-order valence-corrected chi connectivity index (χ2v) is 9.36. The van der Waals surface area contributed by atoms with Crippen molar-refractivity contribution in [2.45, 2.75) is 46.8 Å². The van der Waals surface area contributed by atoms with E-state index in [1.54, 1.807) is 11.8 Å². The summed E-state index contributed by atoms with van der Waals surface area (Å²) >= 11 is 1.77. The number of nitrogens with one attached hydrogen (secondary N) is 1. The maximum absolute atomic E-state index is 11.5. The highest BCUT2D eigenvalue weighted by Crippen LogP contribution is 2.37. The molecule has 0 bridgehead atoms. The number of nitrogens with zero attached hydrogens (tertiary/aromatic N) is 1. The monoisotopic (exact) mass is 407 g/mol. The number of rotatable bonds is 6. The SMILES string of the molecule is NS(=O)(=O)c1ccc(N[C@@H]2CCCC[C@@H]2Sc2ccccc2)c([N+](=O)[O-])c1. The summed E-state index contributed by atoms with van der Waals surface area (Å²) in [4.78, 5) is 11.8. The van der Waals surface area contributed by atoms with Gasteiger partial charge in [0.1, 0.15) is 5.69 Å². The number of hydrogen-bond donors (Lipinski definition) is 2. The smallest absolute Gasteiger partial charge is 0.293 e. The van der Waals surface area contributed by atoms with E-state index < -0.39 is 14.9 Å². The fourth-order valence-corrected chi connectivity index (χ4v) is 5.09. The molecule has 0 radical (unpaired) electrons. The van der Waals surface area contributed by atoms with Crippen molar-refractivity contribution in [2.75, 3.05) is 5.32 Å². The average molecular weight is 408 g/mol. The third kappa shape index (κ3) is 5.00. The van der Waals surface area contributed by atoms with Crippen LogP contribution in [0.4, 0.5) is 11.4 Å². The van der Waals surface area contributed by atoms with Crippen molar-refractivity contribution in [3.05, 3.63) is 58.6 Å². The molecule has 0 amide bonds. The molecule has 2 atom stereocenters. The van der Waals surface area contributed by atoms with Gasteiger partial charge in [0.05, 0.1) is 9.82 Å². The highest BCUT2D eigenvalue weighted by atomic mass is 32.2. The summed E-state index contributed by atoms with van der Waals surface area (Å²) in [6.07, 6.45) is 4.08. The molecule has 1 saturated carbocycles. The predicted octanol–water partition coefficient (Wildman–Crippen LogP) is 3.76. The van der Waals surface area contributed by atoms with Crippen LogP contribution in [0.15, 0.2) is 58.3 Å². The topological polar surface area (TPSA) is 115 Å². The first-order valence-corrected chi connectivity index (χ1v) is 11.1. The Balaban J connectivity index is 1.84. The molecule has 0 unspecified atom stereocenters. The predicted molar refractivity (Wildman–Crippen MR) is 106 cm³/mol. The van der Waals surface area contributed by atoms with Crippen molar-refractivity contribution >= 4 is 33.2 Å². The van der Waals surface area contributed by atoms with Crippen molar-refractivity contribution in [1.29, 1.82) is 0 Å². The summed E-state index contributed by atoms with van der Waals surface area (Å²) in [5, 5.41) is 20.1. The van der Waals surface area contributed by atoms with Gasteiger partial charge in [-0.05, 0) is 37.1 Å². The standard InChI is InChI=1S/C18H21N3O4S2/c19-27(24,25)14-10-11-15(17(12-14)21(22)23)20-16-8-4-5-9-18(16)26-13-6-2-1-3-7-13/h1-3,6-7,10-12,16,18,20H,4-5,8-9H2,(H2,19,24,25)/t16-,18+/m1/s1. The van der Waals surface area contributed by atoms with Gasteiger partial charge >= 0.3 is 0 Å². The Morgan fingerprint density at radius 3 is 2.48 bits per heavy atom. The van der Waals surface area contributed by atoms with E-state index >= 15 is 0 Å². The summed E-state index contributed by atoms with van der Waals surface area (Å²) in [7, 11) is -4.00. The third-order valence-corrected chi connectivity index (χ3v) is 6.89. The van der Waals surface area contributed by atoms with Crippen LogP contribution in [0.25, 0.3) is 0 Å². The first-order chi connectivity index (χ1) is 12.8. The van der Waals surface area contributed by atoms with E-state index in [0.29, 0.717) is 5.69 Å². The van der Waals surface area contributed by atoms with Gasteiger partial charge in [-0.15, -0.1) is 11.8 Å². The van der Waals surface area contributed by atoms with Crippen LogP contribution in [0.1, 0.15) is 25.7 Å². The van der Waals surface area contributed by atoms with Crippen molar-refractivity contribution in [3.8, 4) is 0 Å².